The number of hydrogen-bond donors (Lipinski definition) is 0. The summed E-state index contributed by atoms with van der Waals surface area (Å²) in [4.78, 5) is 8.77. The van der Waals surface area contributed by atoms with Crippen LogP contribution in [0.2, 0.25) is 0 Å². The second-order valence-electron chi connectivity index (χ2n) is 14.0. The lowest BCUT2D eigenvalue weighted by Gasteiger charge is -2.64. The maximum absolute atomic E-state index is 8.89. The molecule has 12 heteroatoms. The predicted octanol–water partition coefficient (Wildman–Crippen LogP) is 8.78. The average molecular weight is 600 g/mol. The van der Waals surface area contributed by atoms with Crippen LogP contribution in [0.25, 0.3) is 31.3 Å². The molecular formula is C31H53N9O3. The summed E-state index contributed by atoms with van der Waals surface area (Å²) in [6, 6.07) is 0. The molecule has 240 valence electrons. The molecule has 0 N–H and O–H groups in total. The highest BCUT2D eigenvalue weighted by Crippen LogP contribution is 2.69. The molecule has 0 unspecified atom stereocenters. The summed E-state index contributed by atoms with van der Waals surface area (Å²) >= 11 is 0. The van der Waals surface area contributed by atoms with Crippen LogP contribution in [-0.2, 0) is 14.2 Å². The highest BCUT2D eigenvalue weighted by atomic mass is 16.5. The molecule has 0 aromatic carbocycles. The molecule has 0 aromatic rings. The van der Waals surface area contributed by atoms with Gasteiger partial charge in [-0.25, -0.2) is 0 Å². The van der Waals surface area contributed by atoms with Crippen molar-refractivity contribution in [2.24, 2.45) is 61.7 Å². The van der Waals surface area contributed by atoms with E-state index >= 15 is 0 Å². The van der Waals surface area contributed by atoms with Gasteiger partial charge in [0.1, 0.15) is 0 Å². The first-order valence-corrected chi connectivity index (χ1v) is 16.7. The van der Waals surface area contributed by atoms with Gasteiger partial charge in [0, 0.05) is 39.8 Å². The normalized spacial score (nSPS) is 38.8. The average Bonchev–Trinajstić information content (AvgIpc) is 3.37. The van der Waals surface area contributed by atoms with Gasteiger partial charge < -0.3 is 14.2 Å². The first-order chi connectivity index (χ1) is 20.8. The number of unbranched alkanes of at least 4 members (excludes halogenated alkanes) is 1. The third kappa shape index (κ3) is 7.22. The molecule has 0 heterocycles. The van der Waals surface area contributed by atoms with Crippen molar-refractivity contribution in [3.8, 4) is 0 Å². The number of fused-ring (bicyclic) bond motifs is 5. The third-order valence-electron chi connectivity index (χ3n) is 12.2. The zero-order chi connectivity index (χ0) is 30.9. The molecule has 4 aliphatic carbocycles. The van der Waals surface area contributed by atoms with Crippen LogP contribution in [0.3, 0.4) is 0 Å². The fraction of sp³-hybridized carbons (Fsp3) is 1.00. The number of ether oxygens (including phenoxy) is 3. The minimum atomic E-state index is 0.0296. The van der Waals surface area contributed by atoms with Gasteiger partial charge in [-0.1, -0.05) is 62.3 Å². The van der Waals surface area contributed by atoms with Crippen LogP contribution >= 0.6 is 0 Å². The second kappa shape index (κ2) is 15.7. The van der Waals surface area contributed by atoms with E-state index in [1.165, 1.54) is 32.1 Å². The molecule has 0 saturated heterocycles. The number of nitrogens with zero attached hydrogens (tertiary/aromatic N) is 9. The fourth-order valence-electron chi connectivity index (χ4n) is 10.2. The topological polar surface area (TPSA) is 174 Å². The summed E-state index contributed by atoms with van der Waals surface area (Å²) in [7, 11) is 0. The van der Waals surface area contributed by atoms with Gasteiger partial charge >= 0.3 is 0 Å². The van der Waals surface area contributed by atoms with Gasteiger partial charge in [0.2, 0.25) is 0 Å². The number of azide groups is 3. The van der Waals surface area contributed by atoms with E-state index in [1.807, 2.05) is 0 Å². The van der Waals surface area contributed by atoms with Crippen LogP contribution in [0.5, 0.6) is 0 Å². The maximum Gasteiger partial charge on any atom is 0.0637 e. The van der Waals surface area contributed by atoms with Gasteiger partial charge in [-0.15, -0.1) is 0 Å². The summed E-state index contributed by atoms with van der Waals surface area (Å²) < 4.78 is 19.7. The Balaban J connectivity index is 1.65. The van der Waals surface area contributed by atoms with Gasteiger partial charge in [0.15, 0.2) is 0 Å². The van der Waals surface area contributed by atoms with Crippen molar-refractivity contribution in [2.45, 2.75) is 110 Å². The lowest BCUT2D eigenvalue weighted by atomic mass is 9.43. The summed E-state index contributed by atoms with van der Waals surface area (Å²) in [5, 5.41) is 11.2. The van der Waals surface area contributed by atoms with E-state index in [-0.39, 0.29) is 29.1 Å². The zero-order valence-electron chi connectivity index (χ0n) is 26.8. The van der Waals surface area contributed by atoms with Crippen LogP contribution in [0.4, 0.5) is 0 Å². The van der Waals surface area contributed by atoms with Gasteiger partial charge in [-0.05, 0) is 102 Å². The molecule has 0 radical (unpaired) electrons. The third-order valence-corrected chi connectivity index (χ3v) is 12.2. The molecule has 4 saturated carbocycles. The molecule has 43 heavy (non-hydrogen) atoms. The minimum absolute atomic E-state index is 0.0296. The van der Waals surface area contributed by atoms with Crippen molar-refractivity contribution >= 4 is 0 Å². The molecule has 4 fully saturated rings. The predicted molar refractivity (Wildman–Crippen MR) is 166 cm³/mol. The molecule has 0 aliphatic heterocycles. The van der Waals surface area contributed by atoms with Crippen molar-refractivity contribution < 1.29 is 14.2 Å². The molecule has 0 spiro atoms. The lowest BCUT2D eigenvalue weighted by Crippen LogP contribution is -2.63. The van der Waals surface area contributed by atoms with Crippen molar-refractivity contribution in [2.75, 3.05) is 39.5 Å². The summed E-state index contributed by atoms with van der Waals surface area (Å²) in [6.45, 7) is 12.2. The largest absolute Gasteiger partial charge is 0.378 e. The molecule has 4 aliphatic rings. The molecule has 4 rings (SSSR count). The zero-order valence-corrected chi connectivity index (χ0v) is 26.8. The Hall–Kier alpha value is -2.19. The molecular weight excluding hydrogens is 546 g/mol. The van der Waals surface area contributed by atoms with E-state index in [2.05, 4.69) is 57.8 Å². The van der Waals surface area contributed by atoms with Crippen LogP contribution in [0.1, 0.15) is 91.9 Å². The molecule has 12 nitrogen and oxygen atoms in total. The van der Waals surface area contributed by atoms with E-state index in [0.29, 0.717) is 75.0 Å². The molecule has 11 atom stereocenters. The summed E-state index contributed by atoms with van der Waals surface area (Å²) in [5.74, 6) is 3.04. The SMILES string of the molecule is CCCC[C@@H](C)[C@H]1CC[C@H]2[C@@H]3[C@H](OCCN=[N+]=[N-])C[C@@H]4C[C@@H](OCCN=[N+]=[N-])CC[C@]4(C)[C@H]3C[C@H](OCCN=[N+]=[N-])[C@]12C. The van der Waals surface area contributed by atoms with Crippen LogP contribution in [-0.4, -0.2) is 57.8 Å². The summed E-state index contributed by atoms with van der Waals surface area (Å²) in [5.41, 5.74) is 26.6. The highest BCUT2D eigenvalue weighted by Gasteiger charge is 2.66. The molecule has 0 bridgehead atoms. The van der Waals surface area contributed by atoms with Crippen molar-refractivity contribution in [1.29, 1.82) is 0 Å². The van der Waals surface area contributed by atoms with E-state index in [0.717, 1.165) is 32.1 Å². The van der Waals surface area contributed by atoms with Gasteiger partial charge in [0.25, 0.3) is 0 Å². The Morgan fingerprint density at radius 3 is 2.12 bits per heavy atom. The van der Waals surface area contributed by atoms with Gasteiger partial charge in [0.05, 0.1) is 38.1 Å². The quantitative estimate of drug-likeness (QED) is 0.0747. The second-order valence-corrected chi connectivity index (χ2v) is 14.0. The maximum atomic E-state index is 8.89. The van der Waals surface area contributed by atoms with E-state index in [1.54, 1.807) is 0 Å². The molecule has 0 aromatic heterocycles. The summed E-state index contributed by atoms with van der Waals surface area (Å²) in [6.07, 6.45) is 11.6. The van der Waals surface area contributed by atoms with Crippen LogP contribution < -0.4 is 0 Å². The van der Waals surface area contributed by atoms with Crippen molar-refractivity contribution in [3.63, 3.8) is 0 Å². The molecule has 0 amide bonds. The Labute approximate surface area is 256 Å². The first-order valence-electron chi connectivity index (χ1n) is 16.7. The first kappa shape index (κ1) is 33.7. The van der Waals surface area contributed by atoms with E-state index in [9.17, 15) is 0 Å². The van der Waals surface area contributed by atoms with Crippen molar-refractivity contribution in [1.82, 2.24) is 0 Å². The van der Waals surface area contributed by atoms with Crippen LogP contribution in [0.15, 0.2) is 15.3 Å². The Kier molecular flexibility index (Phi) is 12.3. The van der Waals surface area contributed by atoms with Crippen molar-refractivity contribution in [3.05, 3.63) is 31.3 Å². The van der Waals surface area contributed by atoms with E-state index < -0.39 is 0 Å². The highest BCUT2D eigenvalue weighted by molar-refractivity contribution is 5.15. The van der Waals surface area contributed by atoms with E-state index in [4.69, 9.17) is 30.8 Å². The number of hydrogen-bond acceptors (Lipinski definition) is 6. The lowest BCUT2D eigenvalue weighted by molar-refractivity contribution is -0.226. The Bertz CT molecular complexity index is 1060. The van der Waals surface area contributed by atoms with Crippen LogP contribution in [0, 0.1) is 46.3 Å². The van der Waals surface area contributed by atoms with Gasteiger partial charge in [-0.3, -0.25) is 0 Å². The monoisotopic (exact) mass is 599 g/mol. The number of rotatable bonds is 16. The van der Waals surface area contributed by atoms with Gasteiger partial charge in [-0.2, -0.15) is 0 Å². The fourth-order valence-corrected chi connectivity index (χ4v) is 10.2. The standard InChI is InChI=1S/C31H53N9O3/c1-5-6-7-21(2)24-8-9-25-29-26(20-28(31(24,25)4)43-17-14-37-40-34)30(3)11-10-23(41-15-12-35-38-32)18-22(30)19-27(29)42-16-13-36-39-33/h21-29H,5-20H2,1-4H3/t21-,22+,23+,24-,25+,26+,27-,28+,29+,30+,31-/m1/s1. The Morgan fingerprint density at radius 2 is 1.47 bits per heavy atom. The Morgan fingerprint density at radius 1 is 0.814 bits per heavy atom. The smallest absolute Gasteiger partial charge is 0.0637 e. The minimum Gasteiger partial charge on any atom is -0.378 e.